The van der Waals surface area contributed by atoms with Crippen molar-refractivity contribution in [2.75, 3.05) is 22.4 Å². The molecule has 0 aromatic heterocycles. The Morgan fingerprint density at radius 1 is 1.31 bits per heavy atom. The summed E-state index contributed by atoms with van der Waals surface area (Å²) in [5.41, 5.74) is 4.02. The van der Waals surface area contributed by atoms with Crippen molar-refractivity contribution in [2.24, 2.45) is 0 Å². The number of nitrogens with zero attached hydrogens (tertiary/aromatic N) is 2. The molecule has 9 heteroatoms. The van der Waals surface area contributed by atoms with Gasteiger partial charge in [0.2, 0.25) is 10.0 Å². The van der Waals surface area contributed by atoms with Crippen LogP contribution >= 0.6 is 11.6 Å². The molecular formula is C17H18ClN3O4S. The predicted octanol–water partition coefficient (Wildman–Crippen LogP) is 3.49. The second-order valence-electron chi connectivity index (χ2n) is 6.34. The minimum atomic E-state index is -3.35. The van der Waals surface area contributed by atoms with Crippen LogP contribution in [0.4, 0.5) is 17.1 Å². The highest BCUT2D eigenvalue weighted by Crippen LogP contribution is 2.37. The number of nitro groups is 1. The molecule has 0 saturated heterocycles. The smallest absolute Gasteiger partial charge is 0.271 e. The van der Waals surface area contributed by atoms with Crippen LogP contribution in [0, 0.1) is 17.0 Å². The number of nitrogens with one attached hydrogen (secondary N) is 1. The Labute approximate surface area is 156 Å². The number of hydrogen-bond donors (Lipinski definition) is 1. The normalized spacial score (nSPS) is 14.0. The van der Waals surface area contributed by atoms with Crippen LogP contribution in [0.15, 0.2) is 30.3 Å². The number of nitro benzene ring substituents is 1. The number of anilines is 2. The third kappa shape index (κ3) is 3.76. The van der Waals surface area contributed by atoms with E-state index in [0.29, 0.717) is 30.2 Å². The molecule has 1 aliphatic heterocycles. The highest BCUT2D eigenvalue weighted by molar-refractivity contribution is 7.92. The van der Waals surface area contributed by atoms with Gasteiger partial charge in [-0.1, -0.05) is 23.7 Å². The highest BCUT2D eigenvalue weighted by Gasteiger charge is 2.24. The molecule has 1 heterocycles. The Morgan fingerprint density at radius 3 is 2.65 bits per heavy atom. The third-order valence-electron chi connectivity index (χ3n) is 4.33. The van der Waals surface area contributed by atoms with Crippen molar-refractivity contribution in [1.82, 2.24) is 0 Å². The molecule has 7 nitrogen and oxygen atoms in total. The first-order valence-electron chi connectivity index (χ1n) is 7.94. The summed E-state index contributed by atoms with van der Waals surface area (Å²) in [5.74, 6) is 0. The van der Waals surface area contributed by atoms with Gasteiger partial charge in [-0.15, -0.1) is 0 Å². The lowest BCUT2D eigenvalue weighted by atomic mass is 9.97. The maximum absolute atomic E-state index is 11.6. The van der Waals surface area contributed by atoms with E-state index in [2.05, 4.69) is 9.62 Å². The fraction of sp³-hybridized carbons (Fsp3) is 0.294. The average Bonchev–Trinajstić information content (AvgIpc) is 2.52. The lowest BCUT2D eigenvalue weighted by Crippen LogP contribution is -2.32. The quantitative estimate of drug-likeness (QED) is 0.631. The van der Waals surface area contributed by atoms with Crippen LogP contribution in [0.25, 0.3) is 0 Å². The molecule has 1 N–H and O–H groups in total. The van der Waals surface area contributed by atoms with Crippen LogP contribution in [0.3, 0.4) is 0 Å². The van der Waals surface area contributed by atoms with Gasteiger partial charge in [-0.05, 0) is 36.1 Å². The van der Waals surface area contributed by atoms with E-state index in [0.717, 1.165) is 28.6 Å². The first kappa shape index (κ1) is 18.5. The summed E-state index contributed by atoms with van der Waals surface area (Å²) in [4.78, 5) is 12.6. The number of hydrogen-bond acceptors (Lipinski definition) is 5. The van der Waals surface area contributed by atoms with Gasteiger partial charge in [0.15, 0.2) is 0 Å². The molecule has 1 aliphatic rings. The van der Waals surface area contributed by atoms with Gasteiger partial charge in [-0.25, -0.2) is 8.42 Å². The number of aryl methyl sites for hydroxylation is 1. The van der Waals surface area contributed by atoms with Gasteiger partial charge < -0.3 is 4.90 Å². The van der Waals surface area contributed by atoms with Gasteiger partial charge in [-0.2, -0.15) is 0 Å². The summed E-state index contributed by atoms with van der Waals surface area (Å²) < 4.78 is 25.7. The lowest BCUT2D eigenvalue weighted by molar-refractivity contribution is -0.384. The fourth-order valence-electron chi connectivity index (χ4n) is 3.32. The van der Waals surface area contributed by atoms with Gasteiger partial charge in [0.1, 0.15) is 0 Å². The Bertz CT molecular complexity index is 968. The van der Waals surface area contributed by atoms with Crippen molar-refractivity contribution >= 4 is 38.7 Å². The van der Waals surface area contributed by atoms with E-state index < -0.39 is 14.9 Å². The number of fused-ring (bicyclic) bond motifs is 1. The largest absolute Gasteiger partial charge is 0.365 e. The monoisotopic (exact) mass is 395 g/mol. The zero-order valence-electron chi connectivity index (χ0n) is 14.3. The average molecular weight is 396 g/mol. The minimum Gasteiger partial charge on any atom is -0.365 e. The molecule has 0 spiro atoms. The first-order chi connectivity index (χ1) is 12.2. The minimum absolute atomic E-state index is 0.0340. The zero-order valence-corrected chi connectivity index (χ0v) is 15.9. The van der Waals surface area contributed by atoms with Crippen LogP contribution in [0.2, 0.25) is 5.02 Å². The predicted molar refractivity (Wildman–Crippen MR) is 103 cm³/mol. The molecular weight excluding hydrogens is 378 g/mol. The SMILES string of the molecule is Cc1cc([N+](=O)[O-])cc(Cl)c1N1CCc2c(cccc2NS(C)(=O)=O)C1. The maximum atomic E-state index is 11.6. The standard InChI is InChI=1S/C17H18ClN3O4S/c1-11-8-13(21(22)23)9-15(18)17(11)20-7-6-14-12(10-20)4-3-5-16(14)19-26(2,24)25/h3-5,8-9,19H,6-7,10H2,1-2H3. The van der Waals surface area contributed by atoms with Crippen LogP contribution < -0.4 is 9.62 Å². The molecule has 26 heavy (non-hydrogen) atoms. The maximum Gasteiger partial charge on any atom is 0.271 e. The number of benzene rings is 2. The summed E-state index contributed by atoms with van der Waals surface area (Å²) >= 11 is 6.32. The van der Waals surface area contributed by atoms with Crippen molar-refractivity contribution in [3.05, 3.63) is 62.2 Å². The zero-order chi connectivity index (χ0) is 19.1. The highest BCUT2D eigenvalue weighted by atomic mass is 35.5. The van der Waals surface area contributed by atoms with Crippen LogP contribution in [-0.2, 0) is 23.0 Å². The van der Waals surface area contributed by atoms with E-state index in [1.807, 2.05) is 6.07 Å². The Hall–Kier alpha value is -2.32. The molecule has 0 amide bonds. The number of rotatable bonds is 4. The van der Waals surface area contributed by atoms with E-state index in [4.69, 9.17) is 11.6 Å². The molecule has 0 aliphatic carbocycles. The third-order valence-corrected chi connectivity index (χ3v) is 5.21. The Kier molecular flexibility index (Phi) is 4.81. The second kappa shape index (κ2) is 6.77. The Balaban J connectivity index is 1.95. The summed E-state index contributed by atoms with van der Waals surface area (Å²) in [6.45, 7) is 2.98. The van der Waals surface area contributed by atoms with Gasteiger partial charge in [0.25, 0.3) is 5.69 Å². The topological polar surface area (TPSA) is 92.6 Å². The van der Waals surface area contributed by atoms with Gasteiger partial charge >= 0.3 is 0 Å². The molecule has 138 valence electrons. The summed E-state index contributed by atoms with van der Waals surface area (Å²) in [6.07, 6.45) is 1.77. The molecule has 0 unspecified atom stereocenters. The lowest BCUT2D eigenvalue weighted by Gasteiger charge is -2.33. The Morgan fingerprint density at radius 2 is 2.04 bits per heavy atom. The molecule has 0 atom stereocenters. The van der Waals surface area contributed by atoms with Gasteiger partial charge in [0.05, 0.1) is 27.6 Å². The van der Waals surface area contributed by atoms with Crippen molar-refractivity contribution < 1.29 is 13.3 Å². The molecule has 0 bridgehead atoms. The van der Waals surface area contributed by atoms with E-state index in [-0.39, 0.29) is 5.69 Å². The van der Waals surface area contributed by atoms with Crippen molar-refractivity contribution in [2.45, 2.75) is 19.9 Å². The number of sulfonamides is 1. The molecule has 3 rings (SSSR count). The van der Waals surface area contributed by atoms with Crippen LogP contribution in [-0.4, -0.2) is 26.1 Å². The van der Waals surface area contributed by atoms with Crippen molar-refractivity contribution in [3.63, 3.8) is 0 Å². The van der Waals surface area contributed by atoms with E-state index in [1.54, 1.807) is 19.1 Å². The second-order valence-corrected chi connectivity index (χ2v) is 8.49. The summed E-state index contributed by atoms with van der Waals surface area (Å²) in [5, 5.41) is 11.3. The first-order valence-corrected chi connectivity index (χ1v) is 10.2. The van der Waals surface area contributed by atoms with E-state index in [9.17, 15) is 18.5 Å². The van der Waals surface area contributed by atoms with E-state index in [1.165, 1.54) is 12.1 Å². The van der Waals surface area contributed by atoms with E-state index >= 15 is 0 Å². The molecule has 2 aromatic carbocycles. The number of halogens is 1. The van der Waals surface area contributed by atoms with Gasteiger partial charge in [-0.3, -0.25) is 14.8 Å². The number of non-ortho nitro benzene ring substituents is 1. The molecule has 0 saturated carbocycles. The van der Waals surface area contributed by atoms with Crippen molar-refractivity contribution in [3.8, 4) is 0 Å². The summed E-state index contributed by atoms with van der Waals surface area (Å²) in [6, 6.07) is 8.38. The molecule has 2 aromatic rings. The van der Waals surface area contributed by atoms with Crippen LogP contribution in [0.1, 0.15) is 16.7 Å². The van der Waals surface area contributed by atoms with Crippen molar-refractivity contribution in [1.29, 1.82) is 0 Å². The molecule has 0 fully saturated rings. The van der Waals surface area contributed by atoms with Gasteiger partial charge in [0, 0.05) is 25.2 Å². The summed E-state index contributed by atoms with van der Waals surface area (Å²) in [7, 11) is -3.35. The fourth-order valence-corrected chi connectivity index (χ4v) is 4.29. The van der Waals surface area contributed by atoms with Crippen LogP contribution in [0.5, 0.6) is 0 Å². The molecule has 0 radical (unpaired) electrons.